The summed E-state index contributed by atoms with van der Waals surface area (Å²) >= 11 is 5.69. The first-order chi connectivity index (χ1) is 15.1. The average molecular weight is 458 g/mol. The van der Waals surface area contributed by atoms with Gasteiger partial charge in [0.15, 0.2) is 0 Å². The van der Waals surface area contributed by atoms with E-state index in [1.54, 1.807) is 12.1 Å². The maximum absolute atomic E-state index is 12.3. The Balaban J connectivity index is 0.000000471. The van der Waals surface area contributed by atoms with Crippen LogP contribution in [0, 0.1) is 0 Å². The largest absolute Gasteiger partial charge is 0.478 e. The number of nitrogens with two attached hydrogens (primary N) is 1. The molecule has 0 aliphatic carbocycles. The summed E-state index contributed by atoms with van der Waals surface area (Å²) in [6.45, 7) is 9.70. The van der Waals surface area contributed by atoms with Gasteiger partial charge >= 0.3 is 11.9 Å². The van der Waals surface area contributed by atoms with Gasteiger partial charge in [-0.05, 0) is 51.0 Å². The molecule has 172 valence electrons. The Kier molecular flexibility index (Phi) is 12.1. The van der Waals surface area contributed by atoms with Crippen molar-refractivity contribution in [3.05, 3.63) is 95.1 Å². The van der Waals surface area contributed by atoms with Crippen molar-refractivity contribution >= 4 is 23.5 Å². The fourth-order valence-electron chi connectivity index (χ4n) is 2.83. The van der Waals surface area contributed by atoms with Crippen molar-refractivity contribution in [3.8, 4) is 0 Å². The monoisotopic (exact) mass is 457 g/mol. The first kappa shape index (κ1) is 27.1. The average Bonchev–Trinajstić information content (AvgIpc) is 2.74. The number of carbonyl (C=O) groups excluding carboxylic acids is 1. The van der Waals surface area contributed by atoms with Crippen molar-refractivity contribution in [2.45, 2.75) is 45.8 Å². The molecular weight excluding hydrogens is 426 g/mol. The third kappa shape index (κ3) is 9.94. The van der Waals surface area contributed by atoms with Crippen LogP contribution in [0.4, 0.5) is 0 Å². The summed E-state index contributed by atoms with van der Waals surface area (Å²) in [5.74, 6) is -1.37. The lowest BCUT2D eigenvalue weighted by Gasteiger charge is -2.17. The number of esters is 1. The summed E-state index contributed by atoms with van der Waals surface area (Å²) in [7, 11) is 0. The molecule has 0 aromatic heterocycles. The van der Waals surface area contributed by atoms with Crippen LogP contribution >= 0.6 is 11.6 Å². The molecule has 0 amide bonds. The van der Waals surface area contributed by atoms with Gasteiger partial charge in [-0.1, -0.05) is 60.2 Å². The SMILES string of the molecule is C=C(CCCl)C[C@H](C=C(C)C)OC(=O)c1ccccc1C(=O)O.C[C@@H](N)c1ccccc1. The lowest BCUT2D eigenvalue weighted by atomic mass is 10.0. The molecule has 32 heavy (non-hydrogen) atoms. The lowest BCUT2D eigenvalue weighted by Crippen LogP contribution is -2.19. The molecule has 0 heterocycles. The van der Waals surface area contributed by atoms with E-state index in [4.69, 9.17) is 27.2 Å². The van der Waals surface area contributed by atoms with Gasteiger partial charge in [-0.25, -0.2) is 9.59 Å². The highest BCUT2D eigenvalue weighted by atomic mass is 35.5. The Morgan fingerprint density at radius 1 is 1.09 bits per heavy atom. The summed E-state index contributed by atoms with van der Waals surface area (Å²) < 4.78 is 5.47. The van der Waals surface area contributed by atoms with E-state index in [2.05, 4.69) is 6.58 Å². The molecule has 0 spiro atoms. The number of carboxylic acids is 1. The molecule has 0 fully saturated rings. The second-order valence-corrected chi connectivity index (χ2v) is 8.01. The highest BCUT2D eigenvalue weighted by Gasteiger charge is 2.20. The van der Waals surface area contributed by atoms with Gasteiger partial charge in [-0.2, -0.15) is 0 Å². The summed E-state index contributed by atoms with van der Waals surface area (Å²) in [4.78, 5) is 23.5. The predicted molar refractivity (Wildman–Crippen MR) is 130 cm³/mol. The second-order valence-electron chi connectivity index (χ2n) is 7.63. The van der Waals surface area contributed by atoms with Crippen molar-refractivity contribution in [2.75, 3.05) is 5.88 Å². The first-order valence-electron chi connectivity index (χ1n) is 10.4. The van der Waals surface area contributed by atoms with E-state index in [0.717, 1.165) is 11.1 Å². The Labute approximate surface area is 195 Å². The van der Waals surface area contributed by atoms with Gasteiger partial charge in [0, 0.05) is 18.3 Å². The molecule has 0 bridgehead atoms. The molecule has 2 aromatic rings. The fraction of sp³-hybridized carbons (Fsp3) is 0.308. The Morgan fingerprint density at radius 3 is 2.12 bits per heavy atom. The number of ether oxygens (including phenoxy) is 1. The van der Waals surface area contributed by atoms with Gasteiger partial charge in [-0.15, -0.1) is 11.6 Å². The maximum atomic E-state index is 12.3. The first-order valence-corrected chi connectivity index (χ1v) is 10.9. The number of carboxylic acid groups (broad SMARTS) is 1. The number of hydrogen-bond donors (Lipinski definition) is 2. The van der Waals surface area contributed by atoms with Crippen molar-refractivity contribution in [1.82, 2.24) is 0 Å². The van der Waals surface area contributed by atoms with E-state index >= 15 is 0 Å². The van der Waals surface area contributed by atoms with Crippen LogP contribution < -0.4 is 5.73 Å². The molecule has 2 rings (SSSR count). The summed E-state index contributed by atoms with van der Waals surface area (Å²) in [5, 5.41) is 9.16. The van der Waals surface area contributed by atoms with Gasteiger partial charge in [0.25, 0.3) is 0 Å². The van der Waals surface area contributed by atoms with Crippen molar-refractivity contribution in [1.29, 1.82) is 0 Å². The molecule has 0 saturated carbocycles. The zero-order valence-electron chi connectivity index (χ0n) is 18.9. The molecule has 3 N–H and O–H groups in total. The van der Waals surface area contributed by atoms with E-state index in [9.17, 15) is 9.59 Å². The molecule has 0 aliphatic rings. The molecule has 0 radical (unpaired) electrons. The molecular formula is C26H32ClNO4. The number of benzene rings is 2. The quantitative estimate of drug-likeness (QED) is 0.267. The van der Waals surface area contributed by atoms with Crippen LogP contribution in [0.25, 0.3) is 0 Å². The van der Waals surface area contributed by atoms with Crippen LogP contribution in [0.2, 0.25) is 0 Å². The van der Waals surface area contributed by atoms with Gasteiger partial charge in [0.2, 0.25) is 0 Å². The fourth-order valence-corrected chi connectivity index (χ4v) is 3.10. The number of rotatable bonds is 9. The molecule has 2 atom stereocenters. The van der Waals surface area contributed by atoms with Crippen LogP contribution in [0.1, 0.15) is 65.9 Å². The number of halogens is 1. The van der Waals surface area contributed by atoms with Crippen LogP contribution in [0.3, 0.4) is 0 Å². The number of aromatic carboxylic acids is 1. The Morgan fingerprint density at radius 2 is 1.66 bits per heavy atom. The predicted octanol–water partition coefficient (Wildman–Crippen LogP) is 6.16. The van der Waals surface area contributed by atoms with E-state index in [1.807, 2.05) is 57.2 Å². The third-order valence-corrected chi connectivity index (χ3v) is 4.61. The lowest BCUT2D eigenvalue weighted by molar-refractivity contribution is 0.0386. The maximum Gasteiger partial charge on any atom is 0.339 e. The van der Waals surface area contributed by atoms with Gasteiger partial charge in [0.1, 0.15) is 6.10 Å². The topological polar surface area (TPSA) is 89.6 Å². The van der Waals surface area contributed by atoms with Crippen LogP contribution in [-0.4, -0.2) is 29.0 Å². The number of carbonyl (C=O) groups is 2. The van der Waals surface area contributed by atoms with Gasteiger partial charge < -0.3 is 15.6 Å². The molecule has 6 heteroatoms. The zero-order valence-corrected chi connectivity index (χ0v) is 19.6. The van der Waals surface area contributed by atoms with Crippen molar-refractivity contribution in [2.24, 2.45) is 5.73 Å². The normalized spacial score (nSPS) is 11.9. The minimum absolute atomic E-state index is 0.0371. The van der Waals surface area contributed by atoms with Crippen molar-refractivity contribution < 1.29 is 19.4 Å². The zero-order chi connectivity index (χ0) is 24.1. The van der Waals surface area contributed by atoms with E-state index < -0.39 is 18.0 Å². The number of alkyl halides is 1. The minimum atomic E-state index is -1.16. The minimum Gasteiger partial charge on any atom is -0.478 e. The smallest absolute Gasteiger partial charge is 0.339 e. The summed E-state index contributed by atoms with van der Waals surface area (Å²) in [6, 6.07) is 16.2. The summed E-state index contributed by atoms with van der Waals surface area (Å²) in [6.07, 6.45) is 2.42. The third-order valence-electron chi connectivity index (χ3n) is 4.42. The van der Waals surface area contributed by atoms with E-state index in [0.29, 0.717) is 18.7 Å². The number of allylic oxidation sites excluding steroid dienone is 1. The summed E-state index contributed by atoms with van der Waals surface area (Å²) in [5.41, 5.74) is 8.64. The van der Waals surface area contributed by atoms with Gasteiger partial charge in [0.05, 0.1) is 11.1 Å². The molecule has 5 nitrogen and oxygen atoms in total. The van der Waals surface area contributed by atoms with Crippen LogP contribution in [0.5, 0.6) is 0 Å². The second kappa shape index (κ2) is 14.2. The highest BCUT2D eigenvalue weighted by molar-refractivity contribution is 6.18. The van der Waals surface area contributed by atoms with Gasteiger partial charge in [-0.3, -0.25) is 0 Å². The van der Waals surface area contributed by atoms with Crippen LogP contribution in [0.15, 0.2) is 78.4 Å². The molecule has 0 unspecified atom stereocenters. The van der Waals surface area contributed by atoms with Crippen molar-refractivity contribution in [3.63, 3.8) is 0 Å². The van der Waals surface area contributed by atoms with E-state index in [1.165, 1.54) is 17.7 Å². The number of hydrogen-bond acceptors (Lipinski definition) is 4. The standard InChI is InChI=1S/C18H21ClO4.C8H11N/c1-12(2)10-14(11-13(3)8-9-19)23-18(22)16-7-5-4-6-15(16)17(20)21;1-7(9)8-5-3-2-4-6-8/h4-7,10,14H,3,8-9,11H2,1-2H3,(H,20,21);2-7H,9H2,1H3/t14-;7-/m01/s1. The molecule has 0 saturated heterocycles. The van der Waals surface area contributed by atoms with Crippen LogP contribution in [-0.2, 0) is 4.74 Å². The Hall–Kier alpha value is -2.89. The molecule has 0 aliphatic heterocycles. The highest BCUT2D eigenvalue weighted by Crippen LogP contribution is 2.18. The Bertz CT molecular complexity index is 918. The molecule has 2 aromatic carbocycles. The van der Waals surface area contributed by atoms with E-state index in [-0.39, 0.29) is 17.2 Å².